The van der Waals surface area contributed by atoms with Crippen molar-refractivity contribution in [3.8, 4) is 0 Å². The number of pyridine rings is 1. The van der Waals surface area contributed by atoms with E-state index in [-0.39, 0.29) is 70.9 Å². The second-order valence-electron chi connectivity index (χ2n) is 17.7. The quantitative estimate of drug-likeness (QED) is 0.146. The summed E-state index contributed by atoms with van der Waals surface area (Å²) in [4.78, 5) is 71.2. The van der Waals surface area contributed by atoms with E-state index in [4.69, 9.17) is 9.47 Å². The first-order valence-corrected chi connectivity index (χ1v) is 20.7. The molecule has 60 heavy (non-hydrogen) atoms. The third-order valence-electron chi connectivity index (χ3n) is 13.9. The second kappa shape index (κ2) is 16.3. The maximum Gasteiger partial charge on any atom is 0.338 e. The molecule has 0 spiro atoms. The Morgan fingerprint density at radius 3 is 2.33 bits per heavy atom. The van der Waals surface area contributed by atoms with E-state index in [1.54, 1.807) is 24.5 Å². The summed E-state index contributed by atoms with van der Waals surface area (Å²) >= 11 is 0. The van der Waals surface area contributed by atoms with E-state index in [9.17, 15) is 29.1 Å². The number of nitrogens with zero attached hydrogens (tertiary/aromatic N) is 2. The van der Waals surface area contributed by atoms with Gasteiger partial charge in [-0.2, -0.15) is 0 Å². The van der Waals surface area contributed by atoms with Crippen molar-refractivity contribution in [2.45, 2.75) is 64.7 Å². The lowest BCUT2D eigenvalue weighted by molar-refractivity contribution is -0.141. The maximum absolute atomic E-state index is 13.7. The lowest BCUT2D eigenvalue weighted by Gasteiger charge is -2.58. The van der Waals surface area contributed by atoms with Crippen LogP contribution in [-0.4, -0.2) is 71.2 Å². The number of likely N-dealkylation sites (N-methyl/N-ethyl adjacent to an activating group) is 1. The Morgan fingerprint density at radius 1 is 0.900 bits per heavy atom. The molecule has 1 heterocycles. The number of Topliss-reactive ketones (excluding diaryl/α,β-unsaturated/α-hetero) is 1. The molecule has 4 aromatic rings. The molecule has 0 radical (unpaired) electrons. The van der Waals surface area contributed by atoms with Gasteiger partial charge < -0.3 is 19.9 Å². The van der Waals surface area contributed by atoms with E-state index in [2.05, 4.69) is 24.1 Å². The van der Waals surface area contributed by atoms with Gasteiger partial charge >= 0.3 is 11.9 Å². The molecule has 3 unspecified atom stereocenters. The molecule has 0 bridgehead atoms. The van der Waals surface area contributed by atoms with Crippen LogP contribution in [0.25, 0.3) is 10.8 Å². The normalized spacial score (nSPS) is 27.3. The number of aromatic nitrogens is 1. The van der Waals surface area contributed by atoms with Gasteiger partial charge in [-0.1, -0.05) is 55.8 Å². The van der Waals surface area contributed by atoms with Gasteiger partial charge in [-0.3, -0.25) is 24.3 Å². The number of carbonyl (C=O) groups excluding carboxylic acids is 5. The number of carbonyl (C=O) groups is 5. The van der Waals surface area contributed by atoms with E-state index in [0.29, 0.717) is 18.5 Å². The highest BCUT2D eigenvalue weighted by atomic mass is 16.5. The zero-order valence-corrected chi connectivity index (χ0v) is 34.4. The van der Waals surface area contributed by atoms with Crippen molar-refractivity contribution >= 4 is 45.9 Å². The first-order valence-electron chi connectivity index (χ1n) is 20.7. The molecule has 1 aromatic heterocycles. The molecule has 3 saturated carbocycles. The van der Waals surface area contributed by atoms with Crippen molar-refractivity contribution < 1.29 is 38.6 Å². The number of allylic oxidation sites excluding steroid dienone is 4. The average Bonchev–Trinajstić information content (AvgIpc) is 3.58. The van der Waals surface area contributed by atoms with Crippen LogP contribution in [0.1, 0.15) is 83.8 Å². The molecule has 3 aromatic carbocycles. The number of hydrogen-bond acceptors (Lipinski definition) is 10. The molecule has 11 heteroatoms. The Labute approximate surface area is 349 Å². The third kappa shape index (κ3) is 7.72. The zero-order chi connectivity index (χ0) is 42.3. The molecule has 2 N–H and O–H groups in total. The van der Waals surface area contributed by atoms with Crippen LogP contribution in [0.5, 0.6) is 0 Å². The van der Waals surface area contributed by atoms with Gasteiger partial charge in [0.05, 0.1) is 17.2 Å². The maximum atomic E-state index is 13.7. The van der Waals surface area contributed by atoms with Crippen molar-refractivity contribution in [1.82, 2.24) is 9.88 Å². The van der Waals surface area contributed by atoms with Crippen molar-refractivity contribution in [3.63, 3.8) is 0 Å². The van der Waals surface area contributed by atoms with E-state index >= 15 is 0 Å². The predicted octanol–water partition coefficient (Wildman–Crippen LogP) is 7.45. The predicted molar refractivity (Wildman–Crippen MR) is 226 cm³/mol. The first-order chi connectivity index (χ1) is 28.7. The summed E-state index contributed by atoms with van der Waals surface area (Å²) in [6.07, 6.45) is 11.9. The van der Waals surface area contributed by atoms with Crippen LogP contribution in [-0.2, 0) is 30.5 Å². The number of rotatable bonds is 11. The molecule has 0 aliphatic heterocycles. The fourth-order valence-electron chi connectivity index (χ4n) is 11.0. The van der Waals surface area contributed by atoms with Crippen LogP contribution in [0, 0.1) is 34.5 Å². The minimum atomic E-state index is -0.663. The summed E-state index contributed by atoms with van der Waals surface area (Å²) in [6, 6.07) is 20.2. The molecule has 8 atom stereocenters. The number of aliphatic hydroxyl groups is 1. The Kier molecular flexibility index (Phi) is 11.2. The van der Waals surface area contributed by atoms with Gasteiger partial charge in [-0.05, 0) is 135 Å². The summed E-state index contributed by atoms with van der Waals surface area (Å²) in [5.74, 6) is -1.42. The minimum Gasteiger partial charge on any atom is -0.457 e. The second-order valence-corrected chi connectivity index (χ2v) is 17.7. The lowest BCUT2D eigenvalue weighted by Crippen LogP contribution is -2.56. The number of amides is 1. The van der Waals surface area contributed by atoms with Crippen LogP contribution in [0.2, 0.25) is 0 Å². The molecule has 11 nitrogen and oxygen atoms in total. The highest BCUT2D eigenvalue weighted by Gasteiger charge is 2.62. The molecule has 4 aliphatic carbocycles. The third-order valence-corrected chi connectivity index (χ3v) is 13.9. The number of benzene rings is 3. The van der Waals surface area contributed by atoms with Crippen LogP contribution in [0.3, 0.4) is 0 Å². The van der Waals surface area contributed by atoms with Crippen LogP contribution < -0.4 is 5.32 Å². The number of fused-ring (bicyclic) bond motifs is 6. The van der Waals surface area contributed by atoms with E-state index in [1.807, 2.05) is 73.6 Å². The highest BCUT2D eigenvalue weighted by molar-refractivity contribution is 6.01. The van der Waals surface area contributed by atoms with Gasteiger partial charge in [0.15, 0.2) is 18.2 Å². The fourth-order valence-corrected chi connectivity index (χ4v) is 11.0. The van der Waals surface area contributed by atoms with Gasteiger partial charge in [0, 0.05) is 40.7 Å². The SMILES string of the molecule is CN(C)C(C(=O)Nc1ccc2cnccc2c1)c1ccc(COC(=O)c2ccc(C(=O)OCC(=O)[C@H]3CCC4[C@@H]5CCC6=CC(=O)C=C[C@]6(C)C5[C@@H](O)C[C@@]43C)cc2)cc1. The van der Waals surface area contributed by atoms with E-state index < -0.39 is 29.5 Å². The largest absolute Gasteiger partial charge is 0.457 e. The van der Waals surface area contributed by atoms with E-state index in [1.165, 1.54) is 24.3 Å². The Morgan fingerprint density at radius 2 is 1.62 bits per heavy atom. The summed E-state index contributed by atoms with van der Waals surface area (Å²) in [5, 5.41) is 16.6. The lowest BCUT2D eigenvalue weighted by atomic mass is 9.46. The fraction of sp³-hybridized carbons (Fsp3) is 0.388. The summed E-state index contributed by atoms with van der Waals surface area (Å²) < 4.78 is 11.1. The molecule has 4 aliphatic rings. The van der Waals surface area contributed by atoms with Gasteiger partial charge in [-0.25, -0.2) is 9.59 Å². The van der Waals surface area contributed by atoms with E-state index in [0.717, 1.165) is 46.7 Å². The number of hydrogen-bond donors (Lipinski definition) is 2. The number of aliphatic hydroxyl groups excluding tert-OH is 1. The van der Waals surface area contributed by atoms with Crippen molar-refractivity contribution in [1.29, 1.82) is 0 Å². The monoisotopic (exact) mass is 809 g/mol. The summed E-state index contributed by atoms with van der Waals surface area (Å²) in [6.45, 7) is 3.89. The number of nitrogens with one attached hydrogen (secondary N) is 1. The number of ketones is 2. The Bertz CT molecular complexity index is 2410. The van der Waals surface area contributed by atoms with Crippen molar-refractivity contribution in [3.05, 3.63) is 131 Å². The van der Waals surface area contributed by atoms with Crippen molar-refractivity contribution in [2.75, 3.05) is 26.0 Å². The molecule has 8 rings (SSSR count). The number of ether oxygens (including phenoxy) is 2. The van der Waals surface area contributed by atoms with Gasteiger partial charge in [0.25, 0.3) is 0 Å². The topological polar surface area (TPSA) is 152 Å². The zero-order valence-electron chi connectivity index (χ0n) is 34.4. The summed E-state index contributed by atoms with van der Waals surface area (Å²) in [5.41, 5.74) is 2.97. The smallest absolute Gasteiger partial charge is 0.338 e. The molecular formula is C49H51N3O8. The molecule has 310 valence electrons. The Balaban J connectivity index is 0.824. The highest BCUT2D eigenvalue weighted by Crippen LogP contribution is 2.66. The van der Waals surface area contributed by atoms with Crippen LogP contribution in [0.15, 0.2) is 109 Å². The standard InChI is InChI=1S/C49H51N3O8/c1-48-21-19-37(53)24-35(48)14-16-38-39-17-18-40(49(39,2)25-41(54)43(38)48)42(55)28-60-47(58)32-11-9-31(10-12-32)46(57)59-27-29-5-7-30(8-6-29)44(52(3)4)45(56)51-36-15-13-34-26-50-22-20-33(34)23-36/h5-13,15,19-24,26,38-41,43-44,54H,14,16-18,25,27-28H2,1-4H3,(H,51,56)/t38-,39?,40+,41-,43?,44?,48-,49-/m0/s1. The van der Waals surface area contributed by atoms with Gasteiger partial charge in [0.2, 0.25) is 5.91 Å². The van der Waals surface area contributed by atoms with Crippen LogP contribution in [0.4, 0.5) is 5.69 Å². The summed E-state index contributed by atoms with van der Waals surface area (Å²) in [7, 11) is 3.67. The number of anilines is 1. The average molecular weight is 810 g/mol. The van der Waals surface area contributed by atoms with Crippen LogP contribution >= 0.6 is 0 Å². The first kappa shape index (κ1) is 41.0. The molecular weight excluding hydrogens is 759 g/mol. The van der Waals surface area contributed by atoms with Crippen molar-refractivity contribution in [2.24, 2.45) is 34.5 Å². The Hall–Kier alpha value is -5.78. The minimum absolute atomic E-state index is 0.00121. The van der Waals surface area contributed by atoms with Gasteiger partial charge in [0.1, 0.15) is 12.6 Å². The van der Waals surface area contributed by atoms with Gasteiger partial charge in [-0.15, -0.1) is 0 Å². The molecule has 3 fully saturated rings. The molecule has 1 amide bonds. The number of esters is 2. The molecule has 0 saturated heterocycles.